The predicted octanol–water partition coefficient (Wildman–Crippen LogP) is 3.01. The lowest BCUT2D eigenvalue weighted by molar-refractivity contribution is 0.0137. The Bertz CT molecular complexity index is 510. The molecule has 0 aromatic heterocycles. The van der Waals surface area contributed by atoms with E-state index in [4.69, 9.17) is 10.5 Å². The molecule has 1 amide bonds. The monoisotopic (exact) mass is 294 g/mol. The van der Waals surface area contributed by atoms with Gasteiger partial charge in [-0.3, -0.25) is 0 Å². The first-order valence-electron chi connectivity index (χ1n) is 7.22. The molecule has 0 saturated carbocycles. The van der Waals surface area contributed by atoms with Gasteiger partial charge < -0.3 is 15.4 Å². The molecule has 1 aromatic rings. The van der Waals surface area contributed by atoms with Gasteiger partial charge in [0.1, 0.15) is 11.4 Å². The second-order valence-corrected chi connectivity index (χ2v) is 6.67. The quantitative estimate of drug-likeness (QED) is 0.866. The maximum absolute atomic E-state index is 13.0. The maximum Gasteiger partial charge on any atom is 0.410 e. The molecule has 1 aromatic carbocycles. The van der Waals surface area contributed by atoms with E-state index in [2.05, 4.69) is 0 Å². The number of carbonyl (C=O) groups is 1. The number of hydrogen-bond acceptors (Lipinski definition) is 3. The van der Waals surface area contributed by atoms with E-state index in [-0.39, 0.29) is 11.9 Å². The molecule has 4 nitrogen and oxygen atoms in total. The van der Waals surface area contributed by atoms with Crippen LogP contribution in [0.15, 0.2) is 24.3 Å². The number of halogens is 1. The van der Waals surface area contributed by atoms with Gasteiger partial charge in [-0.2, -0.15) is 0 Å². The Morgan fingerprint density at radius 2 is 1.95 bits per heavy atom. The van der Waals surface area contributed by atoms with E-state index < -0.39 is 11.1 Å². The number of piperidine rings is 1. The van der Waals surface area contributed by atoms with E-state index in [0.717, 1.165) is 18.4 Å². The van der Waals surface area contributed by atoms with Crippen molar-refractivity contribution in [2.45, 2.75) is 44.8 Å². The molecule has 0 bridgehead atoms. The fraction of sp³-hybridized carbons (Fsp3) is 0.562. The van der Waals surface area contributed by atoms with Crippen molar-refractivity contribution >= 4 is 6.09 Å². The van der Waals surface area contributed by atoms with E-state index in [1.54, 1.807) is 17.0 Å². The van der Waals surface area contributed by atoms with Gasteiger partial charge in [0.2, 0.25) is 0 Å². The van der Waals surface area contributed by atoms with Crippen LogP contribution in [0.5, 0.6) is 0 Å². The molecule has 5 heteroatoms. The van der Waals surface area contributed by atoms with Gasteiger partial charge in [0.15, 0.2) is 0 Å². The minimum atomic E-state index is -0.650. The van der Waals surface area contributed by atoms with Crippen molar-refractivity contribution in [1.82, 2.24) is 4.90 Å². The summed E-state index contributed by atoms with van der Waals surface area (Å²) < 4.78 is 18.4. The smallest absolute Gasteiger partial charge is 0.410 e. The van der Waals surface area contributed by atoms with Crippen LogP contribution in [0.2, 0.25) is 0 Å². The minimum absolute atomic E-state index is 0.290. The number of likely N-dealkylation sites (tertiary alicyclic amines) is 1. The van der Waals surface area contributed by atoms with Crippen LogP contribution < -0.4 is 5.73 Å². The number of amides is 1. The number of benzene rings is 1. The summed E-state index contributed by atoms with van der Waals surface area (Å²) in [5.41, 5.74) is 6.12. The highest BCUT2D eigenvalue weighted by Crippen LogP contribution is 2.30. The normalized spacial score (nSPS) is 23.0. The van der Waals surface area contributed by atoms with Gasteiger partial charge >= 0.3 is 6.09 Å². The Hall–Kier alpha value is -1.62. The van der Waals surface area contributed by atoms with Crippen LogP contribution in [0.3, 0.4) is 0 Å². The Morgan fingerprint density at radius 3 is 2.52 bits per heavy atom. The van der Waals surface area contributed by atoms with Crippen molar-refractivity contribution in [1.29, 1.82) is 0 Å². The Balaban J connectivity index is 2.12. The molecule has 0 spiro atoms. The predicted molar refractivity (Wildman–Crippen MR) is 79.3 cm³/mol. The van der Waals surface area contributed by atoms with Crippen molar-refractivity contribution in [3.8, 4) is 0 Å². The van der Waals surface area contributed by atoms with Crippen molar-refractivity contribution < 1.29 is 13.9 Å². The van der Waals surface area contributed by atoms with Gasteiger partial charge in [0.25, 0.3) is 0 Å². The van der Waals surface area contributed by atoms with Crippen molar-refractivity contribution in [3.05, 3.63) is 35.6 Å². The summed E-state index contributed by atoms with van der Waals surface area (Å²) in [6, 6.07) is 6.18. The zero-order valence-electron chi connectivity index (χ0n) is 12.9. The van der Waals surface area contributed by atoms with E-state index in [0.29, 0.717) is 13.1 Å². The molecule has 1 atom stereocenters. The average Bonchev–Trinajstić information content (AvgIpc) is 2.37. The molecule has 1 unspecified atom stereocenters. The largest absolute Gasteiger partial charge is 0.444 e. The van der Waals surface area contributed by atoms with Crippen LogP contribution in [-0.2, 0) is 10.3 Å². The second kappa shape index (κ2) is 5.64. The molecule has 116 valence electrons. The van der Waals surface area contributed by atoms with Gasteiger partial charge in [-0.1, -0.05) is 12.1 Å². The van der Waals surface area contributed by atoms with Crippen LogP contribution >= 0.6 is 0 Å². The number of nitrogens with zero attached hydrogens (tertiary/aromatic N) is 1. The first-order chi connectivity index (χ1) is 9.70. The second-order valence-electron chi connectivity index (χ2n) is 6.67. The summed E-state index contributed by atoms with van der Waals surface area (Å²) in [5, 5.41) is 0. The van der Waals surface area contributed by atoms with E-state index >= 15 is 0 Å². The standard InChI is InChI=1S/C16H23FN2O2/c1-15(2,3)21-14(20)19-10-4-9-16(18,11-19)12-5-7-13(17)8-6-12/h5-8H,4,9-11,18H2,1-3H3. The van der Waals surface area contributed by atoms with Crippen LogP contribution in [0.4, 0.5) is 9.18 Å². The Labute approximate surface area is 125 Å². The van der Waals surface area contributed by atoms with Crippen LogP contribution in [0.25, 0.3) is 0 Å². The van der Waals surface area contributed by atoms with Crippen molar-refractivity contribution in [3.63, 3.8) is 0 Å². The number of carbonyl (C=O) groups excluding carboxylic acids is 1. The maximum atomic E-state index is 13.0. The zero-order chi connectivity index (χ0) is 15.7. The highest BCUT2D eigenvalue weighted by molar-refractivity contribution is 5.68. The van der Waals surface area contributed by atoms with Crippen LogP contribution in [0.1, 0.15) is 39.2 Å². The minimum Gasteiger partial charge on any atom is -0.444 e. The molecule has 0 radical (unpaired) electrons. The third-order valence-electron chi connectivity index (χ3n) is 3.59. The van der Waals surface area contributed by atoms with Gasteiger partial charge in [-0.15, -0.1) is 0 Å². The fourth-order valence-electron chi connectivity index (χ4n) is 2.58. The van der Waals surface area contributed by atoms with Crippen LogP contribution in [-0.4, -0.2) is 29.7 Å². The number of ether oxygens (including phenoxy) is 1. The number of nitrogens with two attached hydrogens (primary N) is 1. The van der Waals surface area contributed by atoms with Crippen molar-refractivity contribution in [2.24, 2.45) is 5.73 Å². The van der Waals surface area contributed by atoms with Gasteiger partial charge in [0, 0.05) is 13.1 Å². The Morgan fingerprint density at radius 1 is 1.33 bits per heavy atom. The molecular weight excluding hydrogens is 271 g/mol. The zero-order valence-corrected chi connectivity index (χ0v) is 12.9. The van der Waals surface area contributed by atoms with Gasteiger partial charge in [-0.25, -0.2) is 9.18 Å². The molecule has 1 aliphatic heterocycles. The third-order valence-corrected chi connectivity index (χ3v) is 3.59. The lowest BCUT2D eigenvalue weighted by Gasteiger charge is -2.40. The summed E-state index contributed by atoms with van der Waals surface area (Å²) in [4.78, 5) is 13.8. The summed E-state index contributed by atoms with van der Waals surface area (Å²) >= 11 is 0. The fourth-order valence-corrected chi connectivity index (χ4v) is 2.58. The molecule has 1 heterocycles. The highest BCUT2D eigenvalue weighted by Gasteiger charge is 2.36. The van der Waals surface area contributed by atoms with Crippen LogP contribution in [0, 0.1) is 5.82 Å². The average molecular weight is 294 g/mol. The van der Waals surface area contributed by atoms with E-state index in [1.165, 1.54) is 12.1 Å². The van der Waals surface area contributed by atoms with Crippen molar-refractivity contribution in [2.75, 3.05) is 13.1 Å². The number of rotatable bonds is 1. The highest BCUT2D eigenvalue weighted by atomic mass is 19.1. The van der Waals surface area contributed by atoms with E-state index in [1.807, 2.05) is 20.8 Å². The van der Waals surface area contributed by atoms with E-state index in [9.17, 15) is 9.18 Å². The molecule has 1 saturated heterocycles. The summed E-state index contributed by atoms with van der Waals surface area (Å²) in [6.45, 7) is 6.53. The SMILES string of the molecule is CC(C)(C)OC(=O)N1CCCC(N)(c2ccc(F)cc2)C1. The molecular formula is C16H23FN2O2. The molecule has 1 aliphatic rings. The number of hydrogen-bond donors (Lipinski definition) is 1. The lowest BCUT2D eigenvalue weighted by atomic mass is 9.83. The summed E-state index contributed by atoms with van der Waals surface area (Å²) in [6.07, 6.45) is 1.21. The van der Waals surface area contributed by atoms with Gasteiger partial charge in [-0.05, 0) is 51.3 Å². The van der Waals surface area contributed by atoms with Gasteiger partial charge in [0.05, 0.1) is 5.54 Å². The Kier molecular flexibility index (Phi) is 4.23. The third kappa shape index (κ3) is 3.94. The molecule has 0 aliphatic carbocycles. The molecule has 1 fully saturated rings. The summed E-state index contributed by atoms with van der Waals surface area (Å²) in [5.74, 6) is -0.290. The first-order valence-corrected chi connectivity index (χ1v) is 7.22. The molecule has 2 rings (SSSR count). The molecule has 21 heavy (non-hydrogen) atoms. The topological polar surface area (TPSA) is 55.6 Å². The molecule has 2 N–H and O–H groups in total. The first kappa shape index (κ1) is 15.8. The lowest BCUT2D eigenvalue weighted by Crippen LogP contribution is -2.54. The summed E-state index contributed by atoms with van der Waals surface area (Å²) in [7, 11) is 0.